The molecule has 3 rings (SSSR count). The quantitative estimate of drug-likeness (QED) is 0.827. The average Bonchev–Trinajstić information content (AvgIpc) is 2.61. The predicted octanol–water partition coefficient (Wildman–Crippen LogP) is 1.92. The lowest BCUT2D eigenvalue weighted by Gasteiger charge is -2.38. The second kappa shape index (κ2) is 7.95. The summed E-state index contributed by atoms with van der Waals surface area (Å²) in [4.78, 5) is 7.68. The van der Waals surface area contributed by atoms with Crippen molar-refractivity contribution in [1.82, 2.24) is 9.80 Å². The van der Waals surface area contributed by atoms with Gasteiger partial charge in [-0.15, -0.1) is 0 Å². The molecule has 4 heteroatoms. The van der Waals surface area contributed by atoms with Crippen LogP contribution in [0.4, 0.5) is 5.69 Å². The Bertz CT molecular complexity index is 431. The molecule has 1 aromatic rings. The van der Waals surface area contributed by atoms with Crippen LogP contribution < -0.4 is 4.90 Å². The number of benzene rings is 1. The maximum atomic E-state index is 5.51. The molecule has 0 spiro atoms. The number of likely N-dealkylation sites (tertiary alicyclic amines) is 1. The Balaban J connectivity index is 1.39. The second-order valence-corrected chi connectivity index (χ2v) is 6.46. The summed E-state index contributed by atoms with van der Waals surface area (Å²) in [6, 6.07) is 10.8. The molecule has 2 aliphatic rings. The normalized spacial score (nSPS) is 24.6. The molecular weight excluding hydrogens is 274 g/mol. The van der Waals surface area contributed by atoms with E-state index in [-0.39, 0.29) is 0 Å². The summed E-state index contributed by atoms with van der Waals surface area (Å²) in [5, 5.41) is 0. The molecule has 1 atom stereocenters. The van der Waals surface area contributed by atoms with Gasteiger partial charge in [-0.3, -0.25) is 9.80 Å². The Morgan fingerprint density at radius 2 is 1.68 bits per heavy atom. The number of ether oxygens (including phenoxy) is 1. The monoisotopic (exact) mass is 303 g/mol. The zero-order valence-electron chi connectivity index (χ0n) is 13.8. The van der Waals surface area contributed by atoms with Gasteiger partial charge in [-0.05, 0) is 31.5 Å². The van der Waals surface area contributed by atoms with E-state index < -0.39 is 0 Å². The minimum atomic E-state index is 0.448. The van der Waals surface area contributed by atoms with Crippen LogP contribution in [0.5, 0.6) is 0 Å². The molecule has 2 saturated heterocycles. The van der Waals surface area contributed by atoms with E-state index in [2.05, 4.69) is 45.0 Å². The lowest BCUT2D eigenvalue weighted by molar-refractivity contribution is 0.0278. The molecule has 2 aliphatic heterocycles. The number of piperazine rings is 1. The summed E-state index contributed by atoms with van der Waals surface area (Å²) in [5.41, 5.74) is 1.36. The second-order valence-electron chi connectivity index (χ2n) is 6.46. The van der Waals surface area contributed by atoms with Gasteiger partial charge in [0.1, 0.15) is 0 Å². The Kier molecular flexibility index (Phi) is 5.70. The van der Waals surface area contributed by atoms with Crippen LogP contribution in [0.15, 0.2) is 30.3 Å². The lowest BCUT2D eigenvalue weighted by atomic mass is 10.1. The average molecular weight is 303 g/mol. The summed E-state index contributed by atoms with van der Waals surface area (Å²) < 4.78 is 5.51. The smallest absolute Gasteiger partial charge is 0.0698 e. The molecule has 0 unspecified atom stereocenters. The van der Waals surface area contributed by atoms with Gasteiger partial charge in [-0.1, -0.05) is 18.2 Å². The minimum Gasteiger partial charge on any atom is -0.380 e. The highest BCUT2D eigenvalue weighted by Gasteiger charge is 2.21. The van der Waals surface area contributed by atoms with Crippen LogP contribution >= 0.6 is 0 Å². The van der Waals surface area contributed by atoms with Crippen LogP contribution in [0.2, 0.25) is 0 Å². The molecule has 2 fully saturated rings. The van der Waals surface area contributed by atoms with Crippen molar-refractivity contribution < 1.29 is 4.74 Å². The van der Waals surface area contributed by atoms with Gasteiger partial charge in [0.15, 0.2) is 0 Å². The molecule has 0 aromatic heterocycles. The van der Waals surface area contributed by atoms with E-state index in [1.807, 2.05) is 7.11 Å². The topological polar surface area (TPSA) is 19.0 Å². The first kappa shape index (κ1) is 15.8. The van der Waals surface area contributed by atoms with Gasteiger partial charge >= 0.3 is 0 Å². The van der Waals surface area contributed by atoms with Gasteiger partial charge in [0, 0.05) is 58.6 Å². The molecule has 2 heterocycles. The van der Waals surface area contributed by atoms with Crippen molar-refractivity contribution in [2.24, 2.45) is 0 Å². The van der Waals surface area contributed by atoms with Crippen LogP contribution in [0.25, 0.3) is 0 Å². The molecule has 0 bridgehead atoms. The Hall–Kier alpha value is -1.10. The zero-order chi connectivity index (χ0) is 15.2. The summed E-state index contributed by atoms with van der Waals surface area (Å²) >= 11 is 0. The van der Waals surface area contributed by atoms with Gasteiger partial charge < -0.3 is 9.64 Å². The molecule has 1 aromatic carbocycles. The number of para-hydroxylation sites is 1. The van der Waals surface area contributed by atoms with E-state index in [1.54, 1.807) is 0 Å². The lowest BCUT2D eigenvalue weighted by Crippen LogP contribution is -2.49. The molecular formula is C18H29N3O. The maximum Gasteiger partial charge on any atom is 0.0698 e. The van der Waals surface area contributed by atoms with E-state index in [0.717, 1.165) is 19.6 Å². The summed E-state index contributed by atoms with van der Waals surface area (Å²) in [6.07, 6.45) is 2.95. The molecule has 0 aliphatic carbocycles. The highest BCUT2D eigenvalue weighted by Crippen LogP contribution is 2.16. The third-order valence-corrected chi connectivity index (χ3v) is 5.02. The number of methoxy groups -OCH3 is 1. The van der Waals surface area contributed by atoms with Crippen LogP contribution in [-0.2, 0) is 4.74 Å². The molecule has 4 nitrogen and oxygen atoms in total. The molecule has 0 N–H and O–H groups in total. The fourth-order valence-electron chi connectivity index (χ4n) is 3.56. The fourth-order valence-corrected chi connectivity index (χ4v) is 3.56. The van der Waals surface area contributed by atoms with Crippen LogP contribution in [-0.4, -0.2) is 75.4 Å². The number of rotatable bonds is 5. The third kappa shape index (κ3) is 4.22. The van der Waals surface area contributed by atoms with Crippen LogP contribution in [0.1, 0.15) is 12.8 Å². The highest BCUT2D eigenvalue weighted by atomic mass is 16.5. The summed E-state index contributed by atoms with van der Waals surface area (Å²) in [5.74, 6) is 0. The fraction of sp³-hybridized carbons (Fsp3) is 0.667. The van der Waals surface area contributed by atoms with Crippen molar-refractivity contribution in [3.8, 4) is 0 Å². The van der Waals surface area contributed by atoms with Crippen molar-refractivity contribution in [2.45, 2.75) is 18.9 Å². The standard InChI is InChI=1S/C18H29N3O/c1-22-18-8-5-9-20(16-18)11-10-19-12-14-21(15-13-19)17-6-3-2-4-7-17/h2-4,6-7,18H,5,8-16H2,1H3/t18-/m0/s1. The Morgan fingerprint density at radius 1 is 0.955 bits per heavy atom. The van der Waals surface area contributed by atoms with Crippen LogP contribution in [0.3, 0.4) is 0 Å². The third-order valence-electron chi connectivity index (χ3n) is 5.02. The summed E-state index contributed by atoms with van der Waals surface area (Å²) in [7, 11) is 1.84. The number of hydrogen-bond acceptors (Lipinski definition) is 4. The predicted molar refractivity (Wildman–Crippen MR) is 91.6 cm³/mol. The first-order valence-electron chi connectivity index (χ1n) is 8.62. The van der Waals surface area contributed by atoms with E-state index in [0.29, 0.717) is 6.10 Å². The molecule has 22 heavy (non-hydrogen) atoms. The largest absolute Gasteiger partial charge is 0.380 e. The Morgan fingerprint density at radius 3 is 2.41 bits per heavy atom. The van der Waals surface area contributed by atoms with Gasteiger partial charge in [0.25, 0.3) is 0 Å². The zero-order valence-corrected chi connectivity index (χ0v) is 13.8. The maximum absolute atomic E-state index is 5.51. The van der Waals surface area contributed by atoms with Gasteiger partial charge in [0.05, 0.1) is 6.10 Å². The van der Waals surface area contributed by atoms with Gasteiger partial charge in [-0.25, -0.2) is 0 Å². The highest BCUT2D eigenvalue weighted by molar-refractivity contribution is 5.46. The van der Waals surface area contributed by atoms with E-state index in [1.165, 1.54) is 51.3 Å². The van der Waals surface area contributed by atoms with Crippen LogP contribution in [0, 0.1) is 0 Å². The van der Waals surface area contributed by atoms with Crippen molar-refractivity contribution in [1.29, 1.82) is 0 Å². The SMILES string of the molecule is CO[C@H]1CCCN(CCN2CCN(c3ccccc3)CC2)C1. The first-order chi connectivity index (χ1) is 10.8. The van der Waals surface area contributed by atoms with Crippen molar-refractivity contribution in [2.75, 3.05) is 64.4 Å². The van der Waals surface area contributed by atoms with Crippen molar-refractivity contribution in [3.05, 3.63) is 30.3 Å². The van der Waals surface area contributed by atoms with Crippen molar-refractivity contribution in [3.63, 3.8) is 0 Å². The molecule has 0 saturated carbocycles. The van der Waals surface area contributed by atoms with E-state index in [9.17, 15) is 0 Å². The van der Waals surface area contributed by atoms with Gasteiger partial charge in [-0.2, -0.15) is 0 Å². The van der Waals surface area contributed by atoms with E-state index >= 15 is 0 Å². The molecule has 0 amide bonds. The number of hydrogen-bond donors (Lipinski definition) is 0. The number of piperidine rings is 1. The van der Waals surface area contributed by atoms with Crippen molar-refractivity contribution >= 4 is 5.69 Å². The molecule has 0 radical (unpaired) electrons. The number of nitrogens with zero attached hydrogens (tertiary/aromatic N) is 3. The minimum absolute atomic E-state index is 0.448. The van der Waals surface area contributed by atoms with Gasteiger partial charge in [0.2, 0.25) is 0 Å². The number of anilines is 1. The first-order valence-corrected chi connectivity index (χ1v) is 8.62. The molecule has 122 valence electrons. The Labute approximate surface area is 134 Å². The summed E-state index contributed by atoms with van der Waals surface area (Å²) in [6.45, 7) is 9.37. The van der Waals surface area contributed by atoms with E-state index in [4.69, 9.17) is 4.74 Å².